The van der Waals surface area contributed by atoms with Gasteiger partial charge in [0.25, 0.3) is 5.69 Å². The molecule has 16 heavy (non-hydrogen) atoms. The number of nitro benzene ring substituents is 1. The molecule has 0 saturated heterocycles. The van der Waals surface area contributed by atoms with Crippen LogP contribution in [-0.4, -0.2) is 10.2 Å². The summed E-state index contributed by atoms with van der Waals surface area (Å²) in [5, 5.41) is 29.0. The molecule has 1 aromatic carbocycles. The average Bonchev–Trinajstić information content (AvgIpc) is 2.29. The van der Waals surface area contributed by atoms with Crippen LogP contribution >= 0.6 is 11.8 Å². The van der Waals surface area contributed by atoms with Crippen molar-refractivity contribution in [1.29, 1.82) is 10.5 Å². The molecule has 0 amide bonds. The van der Waals surface area contributed by atoms with Crippen molar-refractivity contribution in [3.63, 3.8) is 0 Å². The van der Waals surface area contributed by atoms with Gasteiger partial charge >= 0.3 is 0 Å². The van der Waals surface area contributed by atoms with Crippen LogP contribution in [0.4, 0.5) is 5.69 Å². The van der Waals surface area contributed by atoms with Gasteiger partial charge in [0.2, 0.25) is 0 Å². The normalized spacial score (nSPS) is 11.1. The number of hydrogen-bond donors (Lipinski definition) is 0. The highest BCUT2D eigenvalue weighted by Crippen LogP contribution is 2.17. The molecule has 0 fully saturated rings. The minimum Gasteiger partial charge on any atom is -0.258 e. The molecule has 80 valence electrons. The number of nitriles is 2. The van der Waals surface area contributed by atoms with E-state index in [0.29, 0.717) is 6.42 Å². The summed E-state index contributed by atoms with van der Waals surface area (Å²) in [6.07, 6.45) is 0.409. The predicted octanol–water partition coefficient (Wildman–Crippen LogP) is 2.24. The van der Waals surface area contributed by atoms with Gasteiger partial charge in [0.05, 0.1) is 11.0 Å². The number of thioether (sulfide) groups is 1. The first-order valence-corrected chi connectivity index (χ1v) is 5.23. The van der Waals surface area contributed by atoms with E-state index in [4.69, 9.17) is 10.5 Å². The fourth-order valence-electron chi connectivity index (χ4n) is 1.15. The van der Waals surface area contributed by atoms with Gasteiger partial charge in [-0.2, -0.15) is 10.5 Å². The van der Waals surface area contributed by atoms with E-state index in [1.807, 2.05) is 11.5 Å². The zero-order valence-corrected chi connectivity index (χ0v) is 8.98. The number of benzene rings is 1. The molecule has 0 heterocycles. The van der Waals surface area contributed by atoms with Crippen LogP contribution in [0.15, 0.2) is 24.3 Å². The Morgan fingerprint density at radius 1 is 1.38 bits per heavy atom. The van der Waals surface area contributed by atoms with E-state index in [9.17, 15) is 10.1 Å². The number of thiocyanates is 1. The molecule has 6 heteroatoms. The Labute approximate surface area is 96.5 Å². The van der Waals surface area contributed by atoms with E-state index >= 15 is 0 Å². The molecule has 1 aromatic rings. The Bertz CT molecular complexity index is 458. The maximum absolute atomic E-state index is 10.4. The Kier molecular flexibility index (Phi) is 4.31. The van der Waals surface area contributed by atoms with Crippen LogP contribution in [0.1, 0.15) is 5.56 Å². The number of hydrogen-bond acceptors (Lipinski definition) is 5. The zero-order valence-electron chi connectivity index (χ0n) is 8.16. The van der Waals surface area contributed by atoms with Crippen molar-refractivity contribution < 1.29 is 4.92 Å². The van der Waals surface area contributed by atoms with Gasteiger partial charge < -0.3 is 0 Å². The van der Waals surface area contributed by atoms with Crippen molar-refractivity contribution in [3.8, 4) is 11.5 Å². The topological polar surface area (TPSA) is 90.7 Å². The summed E-state index contributed by atoms with van der Waals surface area (Å²) in [7, 11) is 0. The molecule has 0 bridgehead atoms. The Morgan fingerprint density at radius 3 is 2.44 bits per heavy atom. The van der Waals surface area contributed by atoms with Crippen LogP contribution in [0.3, 0.4) is 0 Å². The minimum atomic E-state index is -0.477. The monoisotopic (exact) mass is 233 g/mol. The lowest BCUT2D eigenvalue weighted by molar-refractivity contribution is -0.384. The largest absolute Gasteiger partial charge is 0.269 e. The lowest BCUT2D eigenvalue weighted by Crippen LogP contribution is -2.02. The molecular weight excluding hydrogens is 226 g/mol. The summed E-state index contributed by atoms with van der Waals surface area (Å²) in [4.78, 5) is 9.92. The van der Waals surface area contributed by atoms with E-state index < -0.39 is 10.2 Å². The summed E-state index contributed by atoms with van der Waals surface area (Å²) in [6, 6.07) is 7.97. The van der Waals surface area contributed by atoms with Gasteiger partial charge in [-0.05, 0) is 23.7 Å². The van der Waals surface area contributed by atoms with Gasteiger partial charge in [-0.1, -0.05) is 12.1 Å². The quantitative estimate of drug-likeness (QED) is 0.452. The van der Waals surface area contributed by atoms with Crippen molar-refractivity contribution in [2.75, 3.05) is 0 Å². The highest BCUT2D eigenvalue weighted by atomic mass is 32.2. The standard InChI is InChI=1S/C10H7N3O2S/c11-6-10(16-7-12)5-8-1-3-9(4-2-8)13(14)15/h1-4,10H,5H2/t10-/m0/s1. The van der Waals surface area contributed by atoms with Gasteiger partial charge in [-0.15, -0.1) is 0 Å². The van der Waals surface area contributed by atoms with E-state index in [2.05, 4.69) is 0 Å². The summed E-state index contributed by atoms with van der Waals surface area (Å²) in [5.41, 5.74) is 0.824. The lowest BCUT2D eigenvalue weighted by atomic mass is 10.1. The van der Waals surface area contributed by atoms with E-state index in [1.165, 1.54) is 12.1 Å². The van der Waals surface area contributed by atoms with Crippen molar-refractivity contribution in [3.05, 3.63) is 39.9 Å². The molecule has 1 atom stereocenters. The Hall–Kier alpha value is -2.05. The molecular formula is C10H7N3O2S. The van der Waals surface area contributed by atoms with Crippen LogP contribution in [-0.2, 0) is 6.42 Å². The van der Waals surface area contributed by atoms with E-state index in [1.54, 1.807) is 12.1 Å². The molecule has 5 nitrogen and oxygen atoms in total. The van der Waals surface area contributed by atoms with Gasteiger partial charge in [0.1, 0.15) is 10.7 Å². The molecule has 0 aliphatic heterocycles. The molecule has 0 saturated carbocycles. The maximum Gasteiger partial charge on any atom is 0.269 e. The van der Waals surface area contributed by atoms with E-state index in [0.717, 1.165) is 17.3 Å². The fraction of sp³-hybridized carbons (Fsp3) is 0.200. The molecule has 0 aliphatic rings. The average molecular weight is 233 g/mol. The maximum atomic E-state index is 10.4. The highest BCUT2D eigenvalue weighted by molar-refractivity contribution is 8.04. The second-order valence-electron chi connectivity index (χ2n) is 2.95. The number of non-ortho nitro benzene ring substituents is 1. The lowest BCUT2D eigenvalue weighted by Gasteiger charge is -2.03. The molecule has 0 aliphatic carbocycles. The summed E-state index contributed by atoms with van der Waals surface area (Å²) < 4.78 is 0. The van der Waals surface area contributed by atoms with Gasteiger partial charge in [-0.3, -0.25) is 10.1 Å². The molecule has 0 radical (unpaired) electrons. The zero-order chi connectivity index (χ0) is 12.0. The second kappa shape index (κ2) is 5.74. The van der Waals surface area contributed by atoms with Crippen LogP contribution in [0.5, 0.6) is 0 Å². The smallest absolute Gasteiger partial charge is 0.258 e. The van der Waals surface area contributed by atoms with E-state index in [-0.39, 0.29) is 5.69 Å². The van der Waals surface area contributed by atoms with Crippen LogP contribution in [0.2, 0.25) is 0 Å². The number of nitro groups is 1. The number of rotatable bonds is 4. The SMILES string of the molecule is N#CS[C@H](C#N)Cc1ccc([N+](=O)[O-])cc1. The van der Waals surface area contributed by atoms with Crippen molar-refractivity contribution >= 4 is 17.4 Å². The van der Waals surface area contributed by atoms with Crippen molar-refractivity contribution in [2.45, 2.75) is 11.7 Å². The van der Waals surface area contributed by atoms with Gasteiger partial charge in [0, 0.05) is 12.1 Å². The first-order chi connectivity index (χ1) is 7.67. The summed E-state index contributed by atoms with van der Waals surface area (Å²) >= 11 is 0.892. The Balaban J connectivity index is 2.73. The van der Waals surface area contributed by atoms with Gasteiger partial charge in [-0.25, -0.2) is 0 Å². The molecule has 0 unspecified atom stereocenters. The number of nitrogens with zero attached hydrogens (tertiary/aromatic N) is 3. The fourth-order valence-corrected chi connectivity index (χ4v) is 1.60. The second-order valence-corrected chi connectivity index (χ2v) is 3.94. The summed E-state index contributed by atoms with van der Waals surface area (Å²) in [5.74, 6) is 0. The summed E-state index contributed by atoms with van der Waals surface area (Å²) in [6.45, 7) is 0. The first kappa shape index (κ1) is 12.0. The van der Waals surface area contributed by atoms with Crippen LogP contribution in [0.25, 0.3) is 0 Å². The third-order valence-corrected chi connectivity index (χ3v) is 2.57. The van der Waals surface area contributed by atoms with Crippen molar-refractivity contribution in [1.82, 2.24) is 0 Å². The predicted molar refractivity (Wildman–Crippen MR) is 59.4 cm³/mol. The highest BCUT2D eigenvalue weighted by Gasteiger charge is 2.10. The Morgan fingerprint density at radius 2 is 2.00 bits per heavy atom. The van der Waals surface area contributed by atoms with Gasteiger partial charge in [0.15, 0.2) is 0 Å². The molecule has 0 N–H and O–H groups in total. The first-order valence-electron chi connectivity index (χ1n) is 4.35. The third-order valence-electron chi connectivity index (χ3n) is 1.91. The minimum absolute atomic E-state index is 0.0187. The molecule has 0 aromatic heterocycles. The third kappa shape index (κ3) is 3.26. The van der Waals surface area contributed by atoms with Crippen LogP contribution < -0.4 is 0 Å². The molecule has 1 rings (SSSR count). The van der Waals surface area contributed by atoms with Crippen LogP contribution in [0, 0.1) is 32.1 Å². The molecule has 0 spiro atoms. The van der Waals surface area contributed by atoms with Crippen molar-refractivity contribution in [2.24, 2.45) is 0 Å².